The molecule has 0 aliphatic carbocycles. The zero-order valence-electron chi connectivity index (χ0n) is 25.6. The minimum Gasteiger partial charge on any atom is -0.365 e. The van der Waals surface area contributed by atoms with Gasteiger partial charge in [-0.05, 0) is 31.0 Å². The van der Waals surface area contributed by atoms with Crippen molar-refractivity contribution in [1.82, 2.24) is 25.0 Å². The van der Waals surface area contributed by atoms with Crippen LogP contribution in [0, 0.1) is 11.3 Å². The first-order valence-electron chi connectivity index (χ1n) is 15.0. The third kappa shape index (κ3) is 9.02. The molecule has 15 heteroatoms. The van der Waals surface area contributed by atoms with Crippen LogP contribution in [0.3, 0.4) is 0 Å². The molecular formula is C29H41F3N8O3Si. The molecule has 2 aromatic rings. The van der Waals surface area contributed by atoms with Gasteiger partial charge >= 0.3 is 6.18 Å². The molecule has 44 heavy (non-hydrogen) atoms. The van der Waals surface area contributed by atoms with Crippen LogP contribution in [0.2, 0.25) is 25.7 Å². The highest BCUT2D eigenvalue weighted by Crippen LogP contribution is 2.36. The van der Waals surface area contributed by atoms with E-state index in [1.54, 1.807) is 17.2 Å². The summed E-state index contributed by atoms with van der Waals surface area (Å²) in [6.07, 6.45) is -0.723. The summed E-state index contributed by atoms with van der Waals surface area (Å²) in [4.78, 5) is 35.8. The lowest BCUT2D eigenvalue weighted by atomic mass is 10.1. The van der Waals surface area contributed by atoms with E-state index in [1.807, 2.05) is 6.07 Å². The van der Waals surface area contributed by atoms with Gasteiger partial charge in [0.05, 0.1) is 17.4 Å². The Balaban J connectivity index is 1.29. The molecule has 0 aromatic carbocycles. The lowest BCUT2D eigenvalue weighted by Gasteiger charge is -2.35. The first-order valence-corrected chi connectivity index (χ1v) is 18.7. The Morgan fingerprint density at radius 3 is 2.55 bits per heavy atom. The number of amides is 1. The van der Waals surface area contributed by atoms with Crippen molar-refractivity contribution in [1.29, 1.82) is 5.26 Å². The summed E-state index contributed by atoms with van der Waals surface area (Å²) >= 11 is 0. The van der Waals surface area contributed by atoms with Gasteiger partial charge in [-0.3, -0.25) is 14.5 Å². The molecule has 2 saturated heterocycles. The highest BCUT2D eigenvalue weighted by atomic mass is 28.3. The van der Waals surface area contributed by atoms with Crippen molar-refractivity contribution in [3.63, 3.8) is 0 Å². The molecule has 0 unspecified atom stereocenters. The minimum absolute atomic E-state index is 0.173. The molecule has 0 spiro atoms. The van der Waals surface area contributed by atoms with Crippen LogP contribution in [0.4, 0.5) is 24.7 Å². The topological polar surface area (TPSA) is 120 Å². The molecule has 2 fully saturated rings. The Bertz CT molecular complexity index is 1370. The predicted octanol–water partition coefficient (Wildman–Crippen LogP) is 3.14. The fourth-order valence-electron chi connectivity index (χ4n) is 5.37. The number of aromatic nitrogens is 3. The molecular weight excluding hydrogens is 593 g/mol. The highest BCUT2D eigenvalue weighted by Gasteiger charge is 2.41. The van der Waals surface area contributed by atoms with Gasteiger partial charge in [-0.1, -0.05) is 19.6 Å². The molecule has 1 atom stereocenters. The van der Waals surface area contributed by atoms with E-state index in [-0.39, 0.29) is 37.3 Å². The zero-order valence-corrected chi connectivity index (χ0v) is 26.6. The van der Waals surface area contributed by atoms with Crippen LogP contribution in [0.1, 0.15) is 30.4 Å². The monoisotopic (exact) mass is 634 g/mol. The number of halogens is 3. The maximum Gasteiger partial charge on any atom is 0.423 e. The van der Waals surface area contributed by atoms with Crippen LogP contribution in [-0.2, 0) is 22.4 Å². The average Bonchev–Trinajstić information content (AvgIpc) is 3.45. The van der Waals surface area contributed by atoms with E-state index in [1.165, 1.54) is 0 Å². The molecule has 2 aliphatic heterocycles. The Labute approximate surface area is 256 Å². The van der Waals surface area contributed by atoms with Crippen molar-refractivity contribution in [2.45, 2.75) is 63.9 Å². The van der Waals surface area contributed by atoms with Gasteiger partial charge in [0.25, 0.3) is 5.56 Å². The van der Waals surface area contributed by atoms with Gasteiger partial charge in [0.15, 0.2) is 0 Å². The number of hydrogen-bond donors (Lipinski definition) is 1. The van der Waals surface area contributed by atoms with Crippen molar-refractivity contribution < 1.29 is 22.7 Å². The number of rotatable bonds is 12. The van der Waals surface area contributed by atoms with Gasteiger partial charge in [0, 0.05) is 79.2 Å². The SMILES string of the molecule is C[Si](C)(C)CCOCn1ncc(N2CCC[C@H]2CNC(=O)CCN2CCN(c3ccc(C#N)cn3)CC2)c(C(F)(F)F)c1=O. The van der Waals surface area contributed by atoms with Gasteiger partial charge < -0.3 is 19.9 Å². The number of hydrogen-bond acceptors (Lipinski definition) is 9. The molecule has 240 valence electrons. The van der Waals surface area contributed by atoms with Crippen molar-refractivity contribution in [2.24, 2.45) is 0 Å². The van der Waals surface area contributed by atoms with E-state index in [0.717, 1.165) is 48.9 Å². The van der Waals surface area contributed by atoms with Crippen molar-refractivity contribution in [2.75, 3.05) is 62.2 Å². The molecule has 11 nitrogen and oxygen atoms in total. The van der Waals surface area contributed by atoms with E-state index >= 15 is 0 Å². The number of carbonyl (C=O) groups excluding carboxylic acids is 1. The summed E-state index contributed by atoms with van der Waals surface area (Å²) in [5.74, 6) is 0.641. The van der Waals surface area contributed by atoms with Gasteiger partial charge in [-0.2, -0.15) is 23.5 Å². The lowest BCUT2D eigenvalue weighted by molar-refractivity contribution is -0.139. The third-order valence-electron chi connectivity index (χ3n) is 7.97. The normalized spacial score (nSPS) is 18.0. The quantitative estimate of drug-likeness (QED) is 0.278. The number of anilines is 2. The van der Waals surface area contributed by atoms with E-state index < -0.39 is 25.4 Å². The zero-order chi connectivity index (χ0) is 31.9. The van der Waals surface area contributed by atoms with Gasteiger partial charge in [0.2, 0.25) is 5.91 Å². The molecule has 0 radical (unpaired) electrons. The van der Waals surface area contributed by atoms with E-state index in [4.69, 9.17) is 10.00 Å². The third-order valence-corrected chi connectivity index (χ3v) is 9.67. The number of carbonyl (C=O) groups is 1. The maximum absolute atomic E-state index is 14.2. The van der Waals surface area contributed by atoms with E-state index in [0.29, 0.717) is 38.1 Å². The highest BCUT2D eigenvalue weighted by molar-refractivity contribution is 6.76. The smallest absolute Gasteiger partial charge is 0.365 e. The van der Waals surface area contributed by atoms with E-state index in [9.17, 15) is 22.8 Å². The Morgan fingerprint density at radius 2 is 1.91 bits per heavy atom. The number of nitrogens with zero attached hydrogens (tertiary/aromatic N) is 7. The first-order chi connectivity index (χ1) is 20.9. The summed E-state index contributed by atoms with van der Waals surface area (Å²) in [6, 6.07) is 6.07. The standard InChI is InChI=1S/C29H41F3N8O3Si/c1-44(2,3)16-15-43-21-40-28(42)27(29(30,31)32)24(20-36-40)39-9-4-5-23(39)19-35-26(41)8-10-37-11-13-38(14-12-37)25-7-6-22(17-33)18-34-25/h6-7,18,20,23H,4-5,8-16,19,21H2,1-3H3,(H,35,41)/t23-/m0/s1. The number of piperazine rings is 1. The number of nitrogens with one attached hydrogen (secondary N) is 1. The molecule has 4 rings (SSSR count). The molecule has 1 amide bonds. The Kier molecular flexibility index (Phi) is 11.0. The van der Waals surface area contributed by atoms with Crippen LogP contribution in [-0.4, -0.2) is 92.1 Å². The molecule has 1 N–H and O–H groups in total. The molecule has 0 saturated carbocycles. The first kappa shape index (κ1) is 33.4. The minimum atomic E-state index is -4.87. The van der Waals surface area contributed by atoms with Crippen LogP contribution in [0.5, 0.6) is 0 Å². The number of ether oxygens (including phenoxy) is 1. The molecule has 4 heterocycles. The van der Waals surface area contributed by atoms with Crippen molar-refractivity contribution in [3.8, 4) is 6.07 Å². The van der Waals surface area contributed by atoms with Crippen LogP contribution >= 0.6 is 0 Å². The van der Waals surface area contributed by atoms with Crippen LogP contribution in [0.15, 0.2) is 29.3 Å². The number of pyridine rings is 1. The number of alkyl halides is 3. The van der Waals surface area contributed by atoms with Gasteiger partial charge in [-0.25, -0.2) is 9.67 Å². The largest absolute Gasteiger partial charge is 0.423 e. The number of nitriles is 1. The fourth-order valence-corrected chi connectivity index (χ4v) is 6.13. The van der Waals surface area contributed by atoms with Gasteiger partial charge in [0.1, 0.15) is 24.2 Å². The van der Waals surface area contributed by atoms with E-state index in [2.05, 4.69) is 50.9 Å². The Morgan fingerprint density at radius 1 is 1.16 bits per heavy atom. The summed E-state index contributed by atoms with van der Waals surface area (Å²) < 4.78 is 48.7. The van der Waals surface area contributed by atoms with Crippen molar-refractivity contribution >= 4 is 25.5 Å². The maximum atomic E-state index is 14.2. The summed E-state index contributed by atoms with van der Waals surface area (Å²) in [6.45, 7) is 10.6. The van der Waals surface area contributed by atoms with Crippen LogP contribution < -0.4 is 20.7 Å². The summed E-state index contributed by atoms with van der Waals surface area (Å²) in [5.41, 5.74) is -2.23. The summed E-state index contributed by atoms with van der Waals surface area (Å²) in [7, 11) is -1.39. The second-order valence-electron chi connectivity index (χ2n) is 12.4. The van der Waals surface area contributed by atoms with Gasteiger partial charge in [-0.15, -0.1) is 0 Å². The molecule has 0 bridgehead atoms. The van der Waals surface area contributed by atoms with Crippen molar-refractivity contribution in [3.05, 3.63) is 46.0 Å². The average molecular weight is 635 g/mol. The summed E-state index contributed by atoms with van der Waals surface area (Å²) in [5, 5.41) is 15.8. The second kappa shape index (κ2) is 14.5. The predicted molar refractivity (Wildman–Crippen MR) is 163 cm³/mol. The fraction of sp³-hybridized carbons (Fsp3) is 0.621. The second-order valence-corrected chi connectivity index (χ2v) is 18.1. The Hall–Kier alpha value is -3.48. The molecule has 2 aliphatic rings. The lowest BCUT2D eigenvalue weighted by Crippen LogP contribution is -2.48. The molecule has 2 aromatic heterocycles. The van der Waals surface area contributed by atoms with Crippen LogP contribution in [0.25, 0.3) is 0 Å².